The molecule has 0 saturated heterocycles. The first-order valence-electron chi connectivity index (χ1n) is 4.12. The Morgan fingerprint density at radius 1 is 1.07 bits per heavy atom. The topological polar surface area (TPSA) is 26.5 Å². The van der Waals surface area contributed by atoms with Crippen LogP contribution in [0.5, 0.6) is 0 Å². The van der Waals surface area contributed by atoms with Gasteiger partial charge in [0.2, 0.25) is 0 Å². The predicted octanol–water partition coefficient (Wildman–Crippen LogP) is 2.91. The van der Waals surface area contributed by atoms with E-state index in [4.69, 9.17) is 0 Å². The fourth-order valence-electron chi connectivity index (χ4n) is 1.24. The molecule has 1 heterocycles. The van der Waals surface area contributed by atoms with Crippen molar-refractivity contribution in [2.24, 2.45) is 4.99 Å². The van der Waals surface area contributed by atoms with Crippen molar-refractivity contribution >= 4 is 5.71 Å². The molecule has 0 atom stereocenters. The maximum absolute atomic E-state index is 4.45. The van der Waals surface area contributed by atoms with Gasteiger partial charge in [-0.15, -0.1) is 5.69 Å². The van der Waals surface area contributed by atoms with Crippen molar-refractivity contribution in [2.45, 2.75) is 27.7 Å². The van der Waals surface area contributed by atoms with Gasteiger partial charge in [-0.1, -0.05) is 18.1 Å². The molecule has 0 aliphatic heterocycles. The Morgan fingerprint density at radius 3 is 1.80 bits per heavy atom. The van der Waals surface area contributed by atoms with E-state index in [0.29, 0.717) is 0 Å². The van der Waals surface area contributed by atoms with E-state index < -0.39 is 0 Å². The number of aromatic nitrogens is 1. The minimum Gasteiger partial charge on any atom is -0.660 e. The molecule has 15 heavy (non-hydrogen) atoms. The molecule has 1 aromatic heterocycles. The van der Waals surface area contributed by atoms with E-state index in [-0.39, 0.29) is 31.3 Å². The molecular weight excluding hydrogens is 231 g/mol. The van der Waals surface area contributed by atoms with Gasteiger partial charge in [0.05, 0.1) is 0 Å². The first-order chi connectivity index (χ1) is 5.57. The Hall–Kier alpha value is -0.556. The van der Waals surface area contributed by atoms with Crippen LogP contribution < -0.4 is 4.98 Å². The van der Waals surface area contributed by atoms with Gasteiger partial charge in [0.1, 0.15) is 0 Å². The maximum Gasteiger partial charge on any atom is 3.00 e. The summed E-state index contributed by atoms with van der Waals surface area (Å²) in [6.07, 6.45) is 0. The summed E-state index contributed by atoms with van der Waals surface area (Å²) < 4.78 is 0. The summed E-state index contributed by atoms with van der Waals surface area (Å²) >= 11 is 0. The SMILES string of the molecule is CN=C(C)c1[n-]c(C)c(C)c1C.[CH3-].[CH3-].[Ni+3]. The zero-order chi connectivity index (χ0) is 9.30. The Labute approximate surface area is 105 Å². The fraction of sp³-hybridized carbons (Fsp3) is 0.417. The van der Waals surface area contributed by atoms with Crippen molar-refractivity contribution in [1.29, 1.82) is 0 Å². The molecule has 0 saturated carbocycles. The summed E-state index contributed by atoms with van der Waals surface area (Å²) in [5.41, 5.74) is 5.73. The third kappa shape index (κ3) is 3.83. The van der Waals surface area contributed by atoms with Gasteiger partial charge in [-0.3, -0.25) is 4.99 Å². The first kappa shape index (κ1) is 19.9. The van der Waals surface area contributed by atoms with Crippen LogP contribution in [0.25, 0.3) is 0 Å². The second kappa shape index (κ2) is 7.70. The summed E-state index contributed by atoms with van der Waals surface area (Å²) in [7, 11) is 1.80. The zero-order valence-electron chi connectivity index (χ0n) is 10.7. The normalized spacial score (nSPS) is 9.80. The number of aryl methyl sites for hydroxylation is 1. The van der Waals surface area contributed by atoms with E-state index in [1.807, 2.05) is 13.8 Å². The first-order valence-corrected chi connectivity index (χ1v) is 4.12. The van der Waals surface area contributed by atoms with Crippen molar-refractivity contribution in [3.8, 4) is 0 Å². The number of rotatable bonds is 1. The molecule has 0 aliphatic carbocycles. The third-order valence-corrected chi connectivity index (χ3v) is 2.42. The molecule has 0 aromatic carbocycles. The van der Waals surface area contributed by atoms with Crippen LogP contribution in [0, 0.1) is 35.6 Å². The van der Waals surface area contributed by atoms with Crippen LogP contribution in [0.1, 0.15) is 29.4 Å². The van der Waals surface area contributed by atoms with Crippen LogP contribution in [-0.2, 0) is 16.5 Å². The van der Waals surface area contributed by atoms with Gasteiger partial charge in [0, 0.05) is 12.8 Å². The molecule has 1 radical (unpaired) electrons. The standard InChI is InChI=1S/C10H15N2.2CH3.Ni/c1-6-7(2)10(9(4)11-5)12-8(6)3;;;/h1-5H3;2*1H3;/q3*-1;+3. The molecular formula is C12H21N2Ni. The Balaban J connectivity index is -0.000000480. The molecule has 3 heteroatoms. The third-order valence-electron chi connectivity index (χ3n) is 2.42. The molecule has 0 spiro atoms. The summed E-state index contributed by atoms with van der Waals surface area (Å²) in [6.45, 7) is 8.23. The van der Waals surface area contributed by atoms with Gasteiger partial charge in [-0.2, -0.15) is 5.69 Å². The van der Waals surface area contributed by atoms with E-state index in [9.17, 15) is 0 Å². The van der Waals surface area contributed by atoms with E-state index in [0.717, 1.165) is 17.1 Å². The molecule has 89 valence electrons. The molecule has 2 nitrogen and oxygen atoms in total. The minimum absolute atomic E-state index is 0. The number of aliphatic imine (C=N–C) groups is 1. The average molecular weight is 252 g/mol. The summed E-state index contributed by atoms with van der Waals surface area (Å²) in [5, 5.41) is 0. The fourth-order valence-corrected chi connectivity index (χ4v) is 1.24. The summed E-state index contributed by atoms with van der Waals surface area (Å²) in [6, 6.07) is 0. The Kier molecular flexibility index (Phi) is 10.2. The Morgan fingerprint density at radius 2 is 1.53 bits per heavy atom. The average Bonchev–Trinajstić information content (AvgIpc) is 2.32. The largest absolute Gasteiger partial charge is 3.00 e. The van der Waals surface area contributed by atoms with Crippen LogP contribution in [0.2, 0.25) is 0 Å². The van der Waals surface area contributed by atoms with Crippen molar-refractivity contribution < 1.29 is 16.5 Å². The molecule has 0 aliphatic rings. The molecule has 0 fully saturated rings. The van der Waals surface area contributed by atoms with Crippen molar-refractivity contribution in [3.05, 3.63) is 37.4 Å². The zero-order valence-corrected chi connectivity index (χ0v) is 11.7. The molecule has 0 amide bonds. The van der Waals surface area contributed by atoms with Crippen LogP contribution in [0.15, 0.2) is 4.99 Å². The Bertz CT molecular complexity index is 325. The van der Waals surface area contributed by atoms with Crippen LogP contribution >= 0.6 is 0 Å². The van der Waals surface area contributed by atoms with Crippen LogP contribution in [0.3, 0.4) is 0 Å². The predicted molar refractivity (Wildman–Crippen MR) is 64.9 cm³/mol. The maximum atomic E-state index is 4.45. The van der Waals surface area contributed by atoms with Gasteiger partial charge < -0.3 is 19.8 Å². The van der Waals surface area contributed by atoms with Crippen molar-refractivity contribution in [3.63, 3.8) is 0 Å². The van der Waals surface area contributed by atoms with E-state index in [2.05, 4.69) is 23.8 Å². The van der Waals surface area contributed by atoms with Crippen LogP contribution in [-0.4, -0.2) is 12.8 Å². The molecule has 0 unspecified atom stereocenters. The number of hydrogen-bond acceptors (Lipinski definition) is 1. The van der Waals surface area contributed by atoms with Crippen molar-refractivity contribution in [2.75, 3.05) is 7.05 Å². The van der Waals surface area contributed by atoms with Gasteiger partial charge in [0.25, 0.3) is 0 Å². The quantitative estimate of drug-likeness (QED) is 0.428. The van der Waals surface area contributed by atoms with E-state index >= 15 is 0 Å². The summed E-state index contributed by atoms with van der Waals surface area (Å²) in [5.74, 6) is 0. The second-order valence-corrected chi connectivity index (χ2v) is 3.10. The molecule has 1 aromatic rings. The minimum atomic E-state index is 0. The smallest absolute Gasteiger partial charge is 0.660 e. The molecule has 0 bridgehead atoms. The van der Waals surface area contributed by atoms with Gasteiger partial charge in [-0.25, -0.2) is 0 Å². The number of nitrogens with zero attached hydrogens (tertiary/aromatic N) is 2. The second-order valence-electron chi connectivity index (χ2n) is 3.10. The monoisotopic (exact) mass is 251 g/mol. The number of hydrogen-bond donors (Lipinski definition) is 0. The summed E-state index contributed by atoms with van der Waals surface area (Å²) in [4.78, 5) is 8.58. The molecule has 1 rings (SSSR count). The molecule has 0 N–H and O–H groups in total. The van der Waals surface area contributed by atoms with Crippen molar-refractivity contribution in [1.82, 2.24) is 4.98 Å². The van der Waals surface area contributed by atoms with Crippen LogP contribution in [0.4, 0.5) is 0 Å². The van der Waals surface area contributed by atoms with Gasteiger partial charge in [-0.05, 0) is 20.8 Å². The van der Waals surface area contributed by atoms with Gasteiger partial charge >= 0.3 is 16.5 Å². The van der Waals surface area contributed by atoms with E-state index in [1.165, 1.54) is 11.1 Å². The van der Waals surface area contributed by atoms with Gasteiger partial charge in [0.15, 0.2) is 0 Å². The van der Waals surface area contributed by atoms with E-state index in [1.54, 1.807) is 7.05 Å².